The van der Waals surface area contributed by atoms with E-state index in [9.17, 15) is 14.4 Å². The van der Waals surface area contributed by atoms with Crippen LogP contribution in [0.25, 0.3) is 0 Å². The zero-order valence-electron chi connectivity index (χ0n) is 17.5. The summed E-state index contributed by atoms with van der Waals surface area (Å²) in [7, 11) is 0. The Kier molecular flexibility index (Phi) is 5.61. The highest BCUT2D eigenvalue weighted by Crippen LogP contribution is 2.30. The molecule has 0 N–H and O–H groups in total. The maximum absolute atomic E-state index is 13.1. The van der Waals surface area contributed by atoms with E-state index in [2.05, 4.69) is 6.07 Å². The molecule has 0 radical (unpaired) electrons. The summed E-state index contributed by atoms with van der Waals surface area (Å²) >= 11 is 0. The van der Waals surface area contributed by atoms with Crippen molar-refractivity contribution in [3.63, 3.8) is 0 Å². The molecule has 1 aromatic carbocycles. The number of carbonyl (C=O) groups is 3. The second kappa shape index (κ2) is 8.17. The minimum atomic E-state index is -0.172. The van der Waals surface area contributed by atoms with Gasteiger partial charge in [0.15, 0.2) is 0 Å². The molecule has 2 saturated heterocycles. The molecule has 1 atom stereocenters. The van der Waals surface area contributed by atoms with Crippen molar-refractivity contribution in [1.82, 2.24) is 9.80 Å². The summed E-state index contributed by atoms with van der Waals surface area (Å²) in [6.07, 6.45) is 5.50. The zero-order valence-corrected chi connectivity index (χ0v) is 17.5. The lowest BCUT2D eigenvalue weighted by Crippen LogP contribution is -2.56. The van der Waals surface area contributed by atoms with E-state index in [0.717, 1.165) is 29.7 Å². The highest BCUT2D eigenvalue weighted by molar-refractivity contribution is 5.98. The Balaban J connectivity index is 1.40. The van der Waals surface area contributed by atoms with E-state index in [1.165, 1.54) is 12.8 Å². The number of rotatable bonds is 3. The smallest absolute Gasteiger partial charge is 0.246 e. The van der Waals surface area contributed by atoms with Crippen LogP contribution in [0.5, 0.6) is 0 Å². The molecular formula is C23H31N3O3. The average Bonchev–Trinajstić information content (AvgIpc) is 3.21. The van der Waals surface area contributed by atoms with Crippen molar-refractivity contribution in [3.05, 3.63) is 29.3 Å². The number of piperidine rings is 1. The van der Waals surface area contributed by atoms with Crippen LogP contribution in [0.3, 0.4) is 0 Å². The number of piperazine rings is 1. The van der Waals surface area contributed by atoms with Crippen LogP contribution in [0.1, 0.15) is 49.7 Å². The first-order valence-electron chi connectivity index (χ1n) is 10.9. The summed E-state index contributed by atoms with van der Waals surface area (Å²) in [5, 5.41) is 0. The minimum absolute atomic E-state index is 0.0332. The molecule has 2 heterocycles. The third kappa shape index (κ3) is 4.16. The van der Waals surface area contributed by atoms with Crippen LogP contribution in [0, 0.1) is 19.8 Å². The Morgan fingerprint density at radius 3 is 2.28 bits per heavy atom. The third-order valence-corrected chi connectivity index (χ3v) is 6.61. The molecule has 0 unspecified atom stereocenters. The molecular weight excluding hydrogens is 366 g/mol. The SMILES string of the molecule is Cc1cc(C)cc(N2CCN(C(=O)[C@H]3CCC(=O)N(C4CCCC4)C3)CC2=O)c1. The summed E-state index contributed by atoms with van der Waals surface area (Å²) in [6.45, 7) is 5.77. The van der Waals surface area contributed by atoms with Crippen molar-refractivity contribution in [3.8, 4) is 0 Å². The molecule has 6 heteroatoms. The van der Waals surface area contributed by atoms with Gasteiger partial charge < -0.3 is 14.7 Å². The van der Waals surface area contributed by atoms with E-state index in [4.69, 9.17) is 0 Å². The van der Waals surface area contributed by atoms with Gasteiger partial charge in [-0.3, -0.25) is 14.4 Å². The molecule has 156 valence electrons. The number of hydrogen-bond donors (Lipinski definition) is 0. The summed E-state index contributed by atoms with van der Waals surface area (Å²) in [6, 6.07) is 6.44. The van der Waals surface area contributed by atoms with Gasteiger partial charge in [-0.25, -0.2) is 0 Å². The molecule has 0 spiro atoms. The number of nitrogens with zero attached hydrogens (tertiary/aromatic N) is 3. The topological polar surface area (TPSA) is 60.9 Å². The predicted molar refractivity (Wildman–Crippen MR) is 112 cm³/mol. The number of amides is 3. The Bertz CT molecular complexity index is 795. The number of likely N-dealkylation sites (tertiary alicyclic amines) is 1. The summed E-state index contributed by atoms with van der Waals surface area (Å²) < 4.78 is 0. The highest BCUT2D eigenvalue weighted by atomic mass is 16.2. The number of anilines is 1. The molecule has 1 saturated carbocycles. The van der Waals surface area contributed by atoms with Gasteiger partial charge in [-0.15, -0.1) is 0 Å². The van der Waals surface area contributed by atoms with Crippen LogP contribution < -0.4 is 4.90 Å². The van der Waals surface area contributed by atoms with E-state index in [1.54, 1.807) is 9.80 Å². The van der Waals surface area contributed by atoms with Crippen molar-refractivity contribution in [2.45, 2.75) is 58.4 Å². The van der Waals surface area contributed by atoms with Gasteiger partial charge in [0.2, 0.25) is 17.7 Å². The van der Waals surface area contributed by atoms with Crippen LogP contribution in [0.15, 0.2) is 18.2 Å². The summed E-state index contributed by atoms with van der Waals surface area (Å²) in [5.74, 6) is 0.0218. The van der Waals surface area contributed by atoms with Gasteiger partial charge in [0.05, 0.1) is 5.92 Å². The van der Waals surface area contributed by atoms with Crippen LogP contribution in [-0.4, -0.2) is 59.7 Å². The molecule has 4 rings (SSSR count). The van der Waals surface area contributed by atoms with Crippen molar-refractivity contribution < 1.29 is 14.4 Å². The van der Waals surface area contributed by atoms with E-state index >= 15 is 0 Å². The van der Waals surface area contributed by atoms with Gasteiger partial charge in [0, 0.05) is 37.8 Å². The number of aryl methyl sites for hydroxylation is 2. The summed E-state index contributed by atoms with van der Waals surface area (Å²) in [5.41, 5.74) is 3.17. The number of carbonyl (C=O) groups excluding carboxylic acids is 3. The van der Waals surface area contributed by atoms with Crippen molar-refractivity contribution in [1.29, 1.82) is 0 Å². The molecule has 3 fully saturated rings. The van der Waals surface area contributed by atoms with Gasteiger partial charge in [0.25, 0.3) is 0 Å². The second-order valence-electron chi connectivity index (χ2n) is 8.87. The van der Waals surface area contributed by atoms with Gasteiger partial charge in [0.1, 0.15) is 6.54 Å². The van der Waals surface area contributed by atoms with Crippen LogP contribution in [0.2, 0.25) is 0 Å². The molecule has 3 aliphatic rings. The minimum Gasteiger partial charge on any atom is -0.339 e. The Morgan fingerprint density at radius 2 is 1.62 bits per heavy atom. The van der Waals surface area contributed by atoms with Gasteiger partial charge >= 0.3 is 0 Å². The van der Waals surface area contributed by atoms with Gasteiger partial charge in [-0.05, 0) is 56.4 Å². The Morgan fingerprint density at radius 1 is 0.931 bits per heavy atom. The first-order chi connectivity index (χ1) is 13.9. The number of hydrogen-bond acceptors (Lipinski definition) is 3. The first-order valence-corrected chi connectivity index (χ1v) is 10.9. The lowest BCUT2D eigenvalue weighted by atomic mass is 9.94. The molecule has 1 aromatic rings. The Labute approximate surface area is 172 Å². The van der Waals surface area contributed by atoms with Crippen LogP contribution in [0.4, 0.5) is 5.69 Å². The van der Waals surface area contributed by atoms with Crippen molar-refractivity contribution >= 4 is 23.4 Å². The van der Waals surface area contributed by atoms with Gasteiger partial charge in [-0.2, -0.15) is 0 Å². The monoisotopic (exact) mass is 397 g/mol. The average molecular weight is 398 g/mol. The van der Waals surface area contributed by atoms with Gasteiger partial charge in [-0.1, -0.05) is 18.9 Å². The zero-order chi connectivity index (χ0) is 20.5. The predicted octanol–water partition coefficient (Wildman–Crippen LogP) is 2.66. The maximum atomic E-state index is 13.1. The quantitative estimate of drug-likeness (QED) is 0.788. The van der Waals surface area contributed by atoms with E-state index in [0.29, 0.717) is 38.5 Å². The fourth-order valence-corrected chi connectivity index (χ4v) is 5.14. The second-order valence-corrected chi connectivity index (χ2v) is 8.87. The third-order valence-electron chi connectivity index (χ3n) is 6.61. The van der Waals surface area contributed by atoms with Crippen LogP contribution in [-0.2, 0) is 14.4 Å². The highest BCUT2D eigenvalue weighted by Gasteiger charge is 2.38. The fraction of sp³-hybridized carbons (Fsp3) is 0.609. The summed E-state index contributed by atoms with van der Waals surface area (Å²) in [4.78, 5) is 43.8. The van der Waals surface area contributed by atoms with E-state index in [1.807, 2.05) is 30.9 Å². The fourth-order valence-electron chi connectivity index (χ4n) is 5.14. The normalized spacial score (nSPS) is 23.8. The first kappa shape index (κ1) is 19.9. The maximum Gasteiger partial charge on any atom is 0.246 e. The number of benzene rings is 1. The van der Waals surface area contributed by atoms with Crippen molar-refractivity contribution in [2.24, 2.45) is 5.92 Å². The molecule has 0 bridgehead atoms. The molecule has 1 aliphatic carbocycles. The van der Waals surface area contributed by atoms with Crippen molar-refractivity contribution in [2.75, 3.05) is 31.1 Å². The molecule has 29 heavy (non-hydrogen) atoms. The molecule has 0 aromatic heterocycles. The molecule has 2 aliphatic heterocycles. The standard InChI is InChI=1S/C23H31N3O3/c1-16-11-17(2)13-20(12-16)25-10-9-24(15-22(25)28)23(29)18-7-8-21(27)26(14-18)19-5-3-4-6-19/h11-13,18-19H,3-10,14-15H2,1-2H3/t18-/m0/s1. The lowest BCUT2D eigenvalue weighted by Gasteiger charge is -2.40. The molecule has 3 amide bonds. The van der Waals surface area contributed by atoms with E-state index in [-0.39, 0.29) is 30.2 Å². The van der Waals surface area contributed by atoms with Crippen LogP contribution >= 0.6 is 0 Å². The Hall–Kier alpha value is -2.37. The molecule has 6 nitrogen and oxygen atoms in total. The lowest BCUT2D eigenvalue weighted by molar-refractivity contribution is -0.147. The largest absolute Gasteiger partial charge is 0.339 e. The van der Waals surface area contributed by atoms with E-state index < -0.39 is 0 Å².